The van der Waals surface area contributed by atoms with Crippen LogP contribution in [0.25, 0.3) is 0 Å². The fourth-order valence-electron chi connectivity index (χ4n) is 1.95. The number of hydrogen-bond acceptors (Lipinski definition) is 2. The van der Waals surface area contributed by atoms with Crippen LogP contribution in [0.5, 0.6) is 5.75 Å². The van der Waals surface area contributed by atoms with Gasteiger partial charge in [-0.15, -0.1) is 0 Å². The smallest absolute Gasteiger partial charge is 0.129 e. The van der Waals surface area contributed by atoms with Gasteiger partial charge in [-0.1, -0.05) is 36.7 Å². The molecule has 0 amide bonds. The molecule has 0 heterocycles. The summed E-state index contributed by atoms with van der Waals surface area (Å²) in [7, 11) is 0. The van der Waals surface area contributed by atoms with Crippen molar-refractivity contribution in [2.24, 2.45) is 5.73 Å². The molecule has 0 aliphatic rings. The molecule has 1 unspecified atom stereocenters. The average molecular weight is 294 g/mol. The lowest BCUT2D eigenvalue weighted by atomic mass is 9.99. The van der Waals surface area contributed by atoms with Crippen LogP contribution in [0.1, 0.15) is 30.5 Å². The van der Waals surface area contributed by atoms with E-state index in [4.69, 9.17) is 22.1 Å². The summed E-state index contributed by atoms with van der Waals surface area (Å²) in [5.74, 6) is 0.346. The van der Waals surface area contributed by atoms with Gasteiger partial charge in [-0.25, -0.2) is 4.39 Å². The Balaban J connectivity index is 2.26. The minimum Gasteiger partial charge on any atom is -0.494 e. The van der Waals surface area contributed by atoms with E-state index in [-0.39, 0.29) is 0 Å². The molecule has 1 atom stereocenters. The van der Waals surface area contributed by atoms with Gasteiger partial charge in [-0.05, 0) is 36.2 Å². The zero-order valence-electron chi connectivity index (χ0n) is 11.3. The highest BCUT2D eigenvalue weighted by Gasteiger charge is 2.14. The van der Waals surface area contributed by atoms with Gasteiger partial charge in [0.1, 0.15) is 11.6 Å². The highest BCUT2D eigenvalue weighted by Crippen LogP contribution is 2.26. The Labute approximate surface area is 123 Å². The maximum Gasteiger partial charge on any atom is 0.129 e. The molecular weight excluding hydrogens is 277 g/mol. The maximum atomic E-state index is 13.9. The topological polar surface area (TPSA) is 35.2 Å². The number of nitrogens with two attached hydrogens (primary N) is 1. The normalized spacial score (nSPS) is 12.2. The van der Waals surface area contributed by atoms with E-state index in [2.05, 4.69) is 0 Å². The lowest BCUT2D eigenvalue weighted by molar-refractivity contribution is 0.317. The molecule has 0 aromatic heterocycles. The summed E-state index contributed by atoms with van der Waals surface area (Å²) in [6.07, 6.45) is 0.933. The molecule has 0 radical (unpaired) electrons. The van der Waals surface area contributed by atoms with E-state index in [1.807, 2.05) is 31.2 Å². The van der Waals surface area contributed by atoms with Gasteiger partial charge >= 0.3 is 0 Å². The van der Waals surface area contributed by atoms with Gasteiger partial charge in [-0.2, -0.15) is 0 Å². The summed E-state index contributed by atoms with van der Waals surface area (Å²) in [6, 6.07) is 11.4. The zero-order valence-corrected chi connectivity index (χ0v) is 12.0. The second-order valence-electron chi connectivity index (χ2n) is 4.56. The molecule has 0 spiro atoms. The van der Waals surface area contributed by atoms with Crippen LogP contribution >= 0.6 is 11.6 Å². The highest BCUT2D eigenvalue weighted by molar-refractivity contribution is 6.30. The lowest BCUT2D eigenvalue weighted by Gasteiger charge is -2.15. The first-order chi connectivity index (χ1) is 9.61. The first-order valence-corrected chi connectivity index (χ1v) is 6.93. The molecule has 0 bridgehead atoms. The van der Waals surface area contributed by atoms with Crippen molar-refractivity contribution >= 4 is 11.6 Å². The fraction of sp³-hybridized carbons (Fsp3) is 0.250. The molecule has 0 aliphatic heterocycles. The van der Waals surface area contributed by atoms with Crippen molar-refractivity contribution in [1.82, 2.24) is 0 Å². The predicted octanol–water partition coefficient (Wildman–Crippen LogP) is 4.32. The van der Waals surface area contributed by atoms with Gasteiger partial charge in [-0.3, -0.25) is 0 Å². The maximum absolute atomic E-state index is 13.9. The molecule has 0 fully saturated rings. The van der Waals surface area contributed by atoms with Crippen LogP contribution in [0.3, 0.4) is 0 Å². The largest absolute Gasteiger partial charge is 0.494 e. The van der Waals surface area contributed by atoms with Gasteiger partial charge in [0, 0.05) is 10.6 Å². The second kappa shape index (κ2) is 6.73. The number of hydrogen-bond donors (Lipinski definition) is 1. The van der Waals surface area contributed by atoms with Crippen molar-refractivity contribution in [3.05, 3.63) is 64.4 Å². The van der Waals surface area contributed by atoms with Gasteiger partial charge < -0.3 is 10.5 Å². The molecule has 106 valence electrons. The summed E-state index contributed by atoms with van der Waals surface area (Å²) >= 11 is 5.75. The van der Waals surface area contributed by atoms with E-state index >= 15 is 0 Å². The third-order valence-electron chi connectivity index (χ3n) is 2.99. The fourth-order valence-corrected chi connectivity index (χ4v) is 2.11. The van der Waals surface area contributed by atoms with Crippen molar-refractivity contribution < 1.29 is 9.13 Å². The van der Waals surface area contributed by atoms with E-state index in [1.165, 1.54) is 6.07 Å². The van der Waals surface area contributed by atoms with Crippen LogP contribution < -0.4 is 10.5 Å². The molecule has 2 rings (SSSR count). The van der Waals surface area contributed by atoms with Crippen molar-refractivity contribution in [3.63, 3.8) is 0 Å². The van der Waals surface area contributed by atoms with Crippen LogP contribution in [0.2, 0.25) is 5.02 Å². The minimum absolute atomic E-state index is 0.360. The summed E-state index contributed by atoms with van der Waals surface area (Å²) in [5.41, 5.74) is 7.35. The molecule has 4 heteroatoms. The molecule has 0 saturated carbocycles. The summed E-state index contributed by atoms with van der Waals surface area (Å²) < 4.78 is 19.5. The first kappa shape index (κ1) is 14.8. The van der Waals surface area contributed by atoms with Crippen molar-refractivity contribution in [1.29, 1.82) is 0 Å². The minimum atomic E-state index is -0.544. The van der Waals surface area contributed by atoms with Crippen LogP contribution in [0, 0.1) is 5.82 Å². The van der Waals surface area contributed by atoms with Crippen molar-refractivity contribution in [2.75, 3.05) is 6.61 Å². The van der Waals surface area contributed by atoms with Gasteiger partial charge in [0.2, 0.25) is 0 Å². The molecule has 2 N–H and O–H groups in total. The molecule has 20 heavy (non-hydrogen) atoms. The van der Waals surface area contributed by atoms with Crippen LogP contribution in [-0.2, 0) is 0 Å². The summed E-state index contributed by atoms with van der Waals surface area (Å²) in [5, 5.41) is 0.360. The summed E-state index contributed by atoms with van der Waals surface area (Å²) in [4.78, 5) is 0. The Morgan fingerprint density at radius 2 is 2.05 bits per heavy atom. The molecule has 0 saturated heterocycles. The number of benzene rings is 2. The molecule has 2 nitrogen and oxygen atoms in total. The standard InChI is InChI=1S/C16H17ClFNO/c1-2-8-20-13-5-3-4-11(9-13)16(19)14-7-6-12(17)10-15(14)18/h3-7,9-10,16H,2,8,19H2,1H3. The Bertz CT molecular complexity index is 588. The molecular formula is C16H17ClFNO. The molecule has 0 aliphatic carbocycles. The van der Waals surface area contributed by atoms with E-state index < -0.39 is 11.9 Å². The number of halogens is 2. The Morgan fingerprint density at radius 3 is 2.75 bits per heavy atom. The van der Waals surface area contributed by atoms with E-state index in [9.17, 15) is 4.39 Å². The van der Waals surface area contributed by atoms with E-state index in [1.54, 1.807) is 12.1 Å². The van der Waals surface area contributed by atoms with Crippen molar-refractivity contribution in [3.8, 4) is 5.75 Å². The molecule has 2 aromatic carbocycles. The van der Waals surface area contributed by atoms with Crippen LogP contribution in [-0.4, -0.2) is 6.61 Å². The quantitative estimate of drug-likeness (QED) is 0.891. The van der Waals surface area contributed by atoms with Gasteiger partial charge in [0.15, 0.2) is 0 Å². The average Bonchev–Trinajstić information content (AvgIpc) is 2.45. The summed E-state index contributed by atoms with van der Waals surface area (Å²) in [6.45, 7) is 2.69. The van der Waals surface area contributed by atoms with E-state index in [0.29, 0.717) is 17.2 Å². The first-order valence-electron chi connectivity index (χ1n) is 6.55. The van der Waals surface area contributed by atoms with E-state index in [0.717, 1.165) is 17.7 Å². The van der Waals surface area contributed by atoms with Gasteiger partial charge in [0.05, 0.1) is 12.6 Å². The Kier molecular flexibility index (Phi) is 4.99. The van der Waals surface area contributed by atoms with Gasteiger partial charge in [0.25, 0.3) is 0 Å². The van der Waals surface area contributed by atoms with Crippen LogP contribution in [0.15, 0.2) is 42.5 Å². The SMILES string of the molecule is CCCOc1cccc(C(N)c2ccc(Cl)cc2F)c1. The predicted molar refractivity (Wildman–Crippen MR) is 79.7 cm³/mol. The lowest BCUT2D eigenvalue weighted by Crippen LogP contribution is -2.13. The van der Waals surface area contributed by atoms with Crippen LogP contribution in [0.4, 0.5) is 4.39 Å². The third-order valence-corrected chi connectivity index (χ3v) is 3.22. The monoisotopic (exact) mass is 293 g/mol. The number of ether oxygens (including phenoxy) is 1. The Morgan fingerprint density at radius 1 is 1.25 bits per heavy atom. The Hall–Kier alpha value is -1.58. The zero-order chi connectivity index (χ0) is 14.5. The van der Waals surface area contributed by atoms with Crippen molar-refractivity contribution in [2.45, 2.75) is 19.4 Å². The number of rotatable bonds is 5. The molecule has 2 aromatic rings. The second-order valence-corrected chi connectivity index (χ2v) is 5.00. The third kappa shape index (κ3) is 3.50. The highest BCUT2D eigenvalue weighted by atomic mass is 35.5.